The number of nitrogens with zero attached hydrogens (tertiary/aromatic N) is 1. The maximum atomic E-state index is 3.12. The van der Waals surface area contributed by atoms with Crippen LogP contribution in [0.2, 0.25) is 0 Å². The van der Waals surface area contributed by atoms with Crippen LogP contribution in [0.3, 0.4) is 0 Å². The van der Waals surface area contributed by atoms with Crippen LogP contribution in [0, 0.1) is 5.92 Å². The molecule has 1 aliphatic heterocycles. The first kappa shape index (κ1) is 6.46. The van der Waals surface area contributed by atoms with Gasteiger partial charge in [0.05, 0.1) is 6.67 Å². The summed E-state index contributed by atoms with van der Waals surface area (Å²) in [6.45, 7) is 6.60. The molecule has 1 N–H and O–H groups in total. The van der Waals surface area contributed by atoms with Crippen molar-refractivity contribution >= 4 is 0 Å². The lowest BCUT2D eigenvalue weighted by Crippen LogP contribution is -2.24. The molecule has 0 radical (unpaired) electrons. The molecule has 1 heterocycles. The highest BCUT2D eigenvalue weighted by atomic mass is 15.2. The minimum absolute atomic E-state index is 0.759. The van der Waals surface area contributed by atoms with Crippen LogP contribution >= 0.6 is 0 Å². The zero-order chi connectivity index (χ0) is 6.69. The van der Waals surface area contributed by atoms with Gasteiger partial charge in [0.25, 0.3) is 0 Å². The number of hydrogen-bond acceptors (Lipinski definition) is 2. The molecule has 0 aliphatic carbocycles. The van der Waals surface area contributed by atoms with Crippen molar-refractivity contribution in [2.75, 3.05) is 13.2 Å². The molecule has 2 heteroatoms. The Morgan fingerprint density at radius 1 is 1.67 bits per heavy atom. The summed E-state index contributed by atoms with van der Waals surface area (Å²) in [5, 5.41) is 3.12. The monoisotopic (exact) mass is 126 g/mol. The van der Waals surface area contributed by atoms with Gasteiger partial charge in [-0.3, -0.25) is 0 Å². The highest BCUT2D eigenvalue weighted by Gasteiger charge is 2.03. The number of rotatable bonds is 2. The van der Waals surface area contributed by atoms with Gasteiger partial charge in [0.15, 0.2) is 0 Å². The second kappa shape index (κ2) is 2.76. The highest BCUT2D eigenvalue weighted by Crippen LogP contribution is 2.00. The van der Waals surface area contributed by atoms with E-state index in [-0.39, 0.29) is 0 Å². The van der Waals surface area contributed by atoms with Crippen LogP contribution in [0.15, 0.2) is 12.4 Å². The zero-order valence-electron chi connectivity index (χ0n) is 6.09. The van der Waals surface area contributed by atoms with Crippen LogP contribution in [0.5, 0.6) is 0 Å². The Hall–Kier alpha value is -0.660. The quantitative estimate of drug-likeness (QED) is 0.593. The fraction of sp³-hybridized carbons (Fsp3) is 0.714. The van der Waals surface area contributed by atoms with Crippen molar-refractivity contribution in [3.8, 4) is 0 Å². The first-order chi connectivity index (χ1) is 4.29. The van der Waals surface area contributed by atoms with E-state index in [0.717, 1.165) is 19.1 Å². The standard InChI is InChI=1S/C7H14N2/c1-7(2)5-9-4-3-8-6-9/h3-4,7-8H,5-6H2,1-2H3. The Balaban J connectivity index is 2.20. The molecule has 0 saturated heterocycles. The van der Waals surface area contributed by atoms with E-state index in [1.807, 2.05) is 6.20 Å². The molecule has 1 rings (SSSR count). The first-order valence-electron chi connectivity index (χ1n) is 3.43. The molecule has 0 aromatic carbocycles. The molecule has 0 saturated carbocycles. The molecule has 52 valence electrons. The van der Waals surface area contributed by atoms with E-state index in [9.17, 15) is 0 Å². The van der Waals surface area contributed by atoms with Gasteiger partial charge < -0.3 is 10.2 Å². The second-order valence-corrected chi connectivity index (χ2v) is 2.84. The molecule has 0 spiro atoms. The third-order valence-corrected chi connectivity index (χ3v) is 1.30. The largest absolute Gasteiger partial charge is 0.373 e. The Morgan fingerprint density at radius 3 is 2.89 bits per heavy atom. The Bertz CT molecular complexity index is 107. The number of nitrogens with one attached hydrogen (secondary N) is 1. The summed E-state index contributed by atoms with van der Waals surface area (Å²) >= 11 is 0. The summed E-state index contributed by atoms with van der Waals surface area (Å²) in [6, 6.07) is 0. The summed E-state index contributed by atoms with van der Waals surface area (Å²) < 4.78 is 0. The van der Waals surface area contributed by atoms with E-state index >= 15 is 0 Å². The molecule has 0 unspecified atom stereocenters. The Kier molecular flexibility index (Phi) is 1.98. The molecular formula is C7H14N2. The van der Waals surface area contributed by atoms with Gasteiger partial charge in [0.1, 0.15) is 0 Å². The van der Waals surface area contributed by atoms with E-state index in [1.54, 1.807) is 0 Å². The average molecular weight is 126 g/mol. The lowest BCUT2D eigenvalue weighted by atomic mass is 10.2. The van der Waals surface area contributed by atoms with E-state index in [1.165, 1.54) is 0 Å². The minimum atomic E-state index is 0.759. The molecule has 0 aromatic heterocycles. The van der Waals surface area contributed by atoms with E-state index in [0.29, 0.717) is 0 Å². The van der Waals surface area contributed by atoms with Crippen LogP contribution in [0.25, 0.3) is 0 Å². The van der Waals surface area contributed by atoms with Gasteiger partial charge in [-0.2, -0.15) is 0 Å². The van der Waals surface area contributed by atoms with Crippen LogP contribution in [-0.2, 0) is 0 Å². The van der Waals surface area contributed by atoms with Gasteiger partial charge in [-0.15, -0.1) is 0 Å². The second-order valence-electron chi connectivity index (χ2n) is 2.84. The van der Waals surface area contributed by atoms with Crippen molar-refractivity contribution in [2.45, 2.75) is 13.8 Å². The fourth-order valence-corrected chi connectivity index (χ4v) is 0.975. The summed E-state index contributed by atoms with van der Waals surface area (Å²) in [6.07, 6.45) is 4.09. The first-order valence-corrected chi connectivity index (χ1v) is 3.43. The van der Waals surface area contributed by atoms with Crippen LogP contribution in [0.4, 0.5) is 0 Å². The highest BCUT2D eigenvalue weighted by molar-refractivity contribution is 4.87. The SMILES string of the molecule is CC(C)CN1C=CNC1. The maximum absolute atomic E-state index is 3.12. The summed E-state index contributed by atoms with van der Waals surface area (Å²) in [5.74, 6) is 0.759. The molecule has 0 bridgehead atoms. The molecule has 9 heavy (non-hydrogen) atoms. The lowest BCUT2D eigenvalue weighted by molar-refractivity contribution is 0.343. The average Bonchev–Trinajstić information content (AvgIpc) is 2.15. The van der Waals surface area contributed by atoms with Gasteiger partial charge in [0, 0.05) is 18.9 Å². The molecular weight excluding hydrogens is 112 g/mol. The van der Waals surface area contributed by atoms with Gasteiger partial charge in [-0.25, -0.2) is 0 Å². The lowest BCUT2D eigenvalue weighted by Gasteiger charge is -2.16. The molecule has 0 atom stereocenters. The van der Waals surface area contributed by atoms with Crippen LogP contribution < -0.4 is 5.32 Å². The van der Waals surface area contributed by atoms with Crippen LogP contribution in [0.1, 0.15) is 13.8 Å². The predicted molar refractivity (Wildman–Crippen MR) is 38.7 cm³/mol. The third kappa shape index (κ3) is 1.96. The summed E-state index contributed by atoms with van der Waals surface area (Å²) in [4.78, 5) is 2.27. The predicted octanol–water partition coefficient (Wildman–Crippen LogP) is 0.976. The number of hydrogen-bond donors (Lipinski definition) is 1. The topological polar surface area (TPSA) is 15.3 Å². The maximum Gasteiger partial charge on any atom is 0.0867 e. The van der Waals surface area contributed by atoms with Crippen molar-refractivity contribution < 1.29 is 0 Å². The molecule has 0 fully saturated rings. The Morgan fingerprint density at radius 2 is 2.44 bits per heavy atom. The molecule has 2 nitrogen and oxygen atoms in total. The van der Waals surface area contributed by atoms with Crippen molar-refractivity contribution in [1.29, 1.82) is 0 Å². The smallest absolute Gasteiger partial charge is 0.0867 e. The van der Waals surface area contributed by atoms with Crippen molar-refractivity contribution in [1.82, 2.24) is 10.2 Å². The molecule has 0 aromatic rings. The minimum Gasteiger partial charge on any atom is -0.373 e. The zero-order valence-corrected chi connectivity index (χ0v) is 6.09. The fourth-order valence-electron chi connectivity index (χ4n) is 0.975. The van der Waals surface area contributed by atoms with E-state index < -0.39 is 0 Å². The van der Waals surface area contributed by atoms with Gasteiger partial charge in [0.2, 0.25) is 0 Å². The van der Waals surface area contributed by atoms with Crippen molar-refractivity contribution in [3.05, 3.63) is 12.4 Å². The molecule has 0 amide bonds. The summed E-state index contributed by atoms with van der Waals surface area (Å²) in [7, 11) is 0. The van der Waals surface area contributed by atoms with E-state index in [4.69, 9.17) is 0 Å². The van der Waals surface area contributed by atoms with Gasteiger partial charge in [-0.05, 0) is 5.92 Å². The van der Waals surface area contributed by atoms with Crippen molar-refractivity contribution in [2.24, 2.45) is 5.92 Å². The van der Waals surface area contributed by atoms with Gasteiger partial charge in [-0.1, -0.05) is 13.8 Å². The van der Waals surface area contributed by atoms with Gasteiger partial charge >= 0.3 is 0 Å². The van der Waals surface area contributed by atoms with E-state index in [2.05, 4.69) is 30.3 Å². The Labute approximate surface area is 56.5 Å². The summed E-state index contributed by atoms with van der Waals surface area (Å²) in [5.41, 5.74) is 0. The normalized spacial score (nSPS) is 17.0. The van der Waals surface area contributed by atoms with Crippen LogP contribution in [-0.4, -0.2) is 18.1 Å². The third-order valence-electron chi connectivity index (χ3n) is 1.30. The molecule has 1 aliphatic rings. The van der Waals surface area contributed by atoms with Crippen molar-refractivity contribution in [3.63, 3.8) is 0 Å².